The molecule has 14 heavy (non-hydrogen) atoms. The van der Waals surface area contributed by atoms with Crippen molar-refractivity contribution in [2.24, 2.45) is 7.05 Å². The van der Waals surface area contributed by atoms with Crippen LogP contribution in [0.4, 0.5) is 11.5 Å². The lowest BCUT2D eigenvalue weighted by Crippen LogP contribution is -1.96. The zero-order valence-corrected chi connectivity index (χ0v) is 7.34. The molecule has 0 aliphatic heterocycles. The molecule has 2 rings (SSSR count). The Kier molecular flexibility index (Phi) is 1.60. The van der Waals surface area contributed by atoms with Crippen LogP contribution in [0, 0.1) is 10.1 Å². The van der Waals surface area contributed by atoms with Gasteiger partial charge in [-0.25, -0.2) is 4.98 Å². The number of aromatic nitrogens is 3. The van der Waals surface area contributed by atoms with Crippen molar-refractivity contribution in [1.29, 1.82) is 0 Å². The number of nitro groups is 1. The fraction of sp³-hybridized carbons (Fsp3) is 0.143. The lowest BCUT2D eigenvalue weighted by Gasteiger charge is -1.91. The fourth-order valence-corrected chi connectivity index (χ4v) is 1.18. The minimum atomic E-state index is -0.515. The van der Waals surface area contributed by atoms with Crippen molar-refractivity contribution in [3.05, 3.63) is 22.4 Å². The van der Waals surface area contributed by atoms with Crippen LogP contribution < -0.4 is 5.73 Å². The molecule has 7 nitrogen and oxygen atoms in total. The Morgan fingerprint density at radius 2 is 2.36 bits per heavy atom. The lowest BCUT2D eigenvalue weighted by molar-refractivity contribution is -0.385. The van der Waals surface area contributed by atoms with Crippen molar-refractivity contribution in [3.8, 4) is 0 Å². The SMILES string of the molecule is Cn1nc2ncc([N+](=O)[O-])cc2c1N. The third kappa shape index (κ3) is 1.06. The smallest absolute Gasteiger partial charge is 0.288 e. The van der Waals surface area contributed by atoms with Gasteiger partial charge in [-0.1, -0.05) is 0 Å². The molecule has 0 aliphatic rings. The molecule has 0 radical (unpaired) electrons. The van der Waals surface area contributed by atoms with E-state index < -0.39 is 4.92 Å². The van der Waals surface area contributed by atoms with E-state index in [-0.39, 0.29) is 5.69 Å². The van der Waals surface area contributed by atoms with E-state index >= 15 is 0 Å². The molecule has 0 atom stereocenters. The van der Waals surface area contributed by atoms with Gasteiger partial charge in [-0.15, -0.1) is 0 Å². The van der Waals surface area contributed by atoms with Crippen molar-refractivity contribution < 1.29 is 4.92 Å². The van der Waals surface area contributed by atoms with Gasteiger partial charge in [-0.05, 0) is 0 Å². The molecule has 0 saturated carbocycles. The topological polar surface area (TPSA) is 99.9 Å². The van der Waals surface area contributed by atoms with Crippen molar-refractivity contribution in [3.63, 3.8) is 0 Å². The molecular formula is C7H7N5O2. The first-order valence-electron chi connectivity index (χ1n) is 3.82. The first-order chi connectivity index (χ1) is 6.59. The molecule has 0 spiro atoms. The zero-order valence-electron chi connectivity index (χ0n) is 7.34. The lowest BCUT2D eigenvalue weighted by atomic mass is 10.3. The Morgan fingerprint density at radius 1 is 1.64 bits per heavy atom. The average Bonchev–Trinajstić information content (AvgIpc) is 2.43. The molecule has 0 amide bonds. The van der Waals surface area contributed by atoms with Crippen LogP contribution in [-0.4, -0.2) is 19.7 Å². The van der Waals surface area contributed by atoms with Crippen molar-refractivity contribution in [1.82, 2.24) is 14.8 Å². The number of aryl methyl sites for hydroxylation is 1. The molecule has 0 fully saturated rings. The highest BCUT2D eigenvalue weighted by Gasteiger charge is 2.12. The summed E-state index contributed by atoms with van der Waals surface area (Å²) in [5, 5.41) is 14.9. The number of hydrogen-bond donors (Lipinski definition) is 1. The number of pyridine rings is 1. The fourth-order valence-electron chi connectivity index (χ4n) is 1.18. The minimum Gasteiger partial charge on any atom is -0.383 e. The van der Waals surface area contributed by atoms with E-state index in [4.69, 9.17) is 5.73 Å². The highest BCUT2D eigenvalue weighted by Crippen LogP contribution is 2.22. The Morgan fingerprint density at radius 3 is 3.00 bits per heavy atom. The predicted octanol–water partition coefficient (Wildman–Crippen LogP) is 0.459. The van der Waals surface area contributed by atoms with Gasteiger partial charge in [0.1, 0.15) is 12.0 Å². The van der Waals surface area contributed by atoms with Gasteiger partial charge < -0.3 is 5.73 Å². The number of nitrogen functional groups attached to an aromatic ring is 1. The maximum absolute atomic E-state index is 10.5. The molecule has 0 saturated heterocycles. The van der Waals surface area contributed by atoms with Crippen LogP contribution in [0.3, 0.4) is 0 Å². The van der Waals surface area contributed by atoms with Gasteiger partial charge in [0.2, 0.25) is 0 Å². The maximum Gasteiger partial charge on any atom is 0.288 e. The van der Waals surface area contributed by atoms with Gasteiger partial charge in [0.15, 0.2) is 5.65 Å². The zero-order chi connectivity index (χ0) is 10.3. The summed E-state index contributed by atoms with van der Waals surface area (Å²) >= 11 is 0. The third-order valence-corrected chi connectivity index (χ3v) is 1.93. The summed E-state index contributed by atoms with van der Waals surface area (Å²) in [6.07, 6.45) is 1.16. The second-order valence-corrected chi connectivity index (χ2v) is 2.83. The van der Waals surface area contributed by atoms with E-state index in [0.717, 1.165) is 6.20 Å². The number of nitrogens with two attached hydrogens (primary N) is 1. The van der Waals surface area contributed by atoms with E-state index in [9.17, 15) is 10.1 Å². The Hall–Kier alpha value is -2.18. The van der Waals surface area contributed by atoms with E-state index in [0.29, 0.717) is 16.9 Å². The molecule has 2 aromatic heterocycles. The van der Waals surface area contributed by atoms with E-state index in [1.54, 1.807) is 7.05 Å². The molecule has 0 bridgehead atoms. The van der Waals surface area contributed by atoms with Gasteiger partial charge >= 0.3 is 0 Å². The minimum absolute atomic E-state index is 0.0859. The van der Waals surface area contributed by atoms with Crippen LogP contribution in [0.2, 0.25) is 0 Å². The Labute approximate surface area is 78.3 Å². The van der Waals surface area contributed by atoms with Gasteiger partial charge in [0.05, 0.1) is 10.3 Å². The van der Waals surface area contributed by atoms with Gasteiger partial charge in [0.25, 0.3) is 5.69 Å². The van der Waals surface area contributed by atoms with Crippen LogP contribution in [0.15, 0.2) is 12.3 Å². The largest absolute Gasteiger partial charge is 0.383 e. The number of anilines is 1. The summed E-state index contributed by atoms with van der Waals surface area (Å²) in [5.41, 5.74) is 5.97. The molecule has 0 aliphatic carbocycles. The number of hydrogen-bond acceptors (Lipinski definition) is 5. The van der Waals surface area contributed by atoms with Crippen LogP contribution in [0.5, 0.6) is 0 Å². The molecule has 2 heterocycles. The first-order valence-corrected chi connectivity index (χ1v) is 3.82. The summed E-state index contributed by atoms with van der Waals surface area (Å²) in [7, 11) is 1.66. The molecule has 2 aromatic rings. The second-order valence-electron chi connectivity index (χ2n) is 2.83. The molecule has 72 valence electrons. The Balaban J connectivity index is 2.76. The van der Waals surface area contributed by atoms with Crippen molar-refractivity contribution in [2.75, 3.05) is 5.73 Å². The summed E-state index contributed by atoms with van der Waals surface area (Å²) in [5.74, 6) is 0.371. The average molecular weight is 193 g/mol. The van der Waals surface area contributed by atoms with Gasteiger partial charge in [-0.2, -0.15) is 5.10 Å². The summed E-state index contributed by atoms with van der Waals surface area (Å²) in [6, 6.07) is 1.37. The molecular weight excluding hydrogens is 186 g/mol. The van der Waals surface area contributed by atoms with Crippen LogP contribution >= 0.6 is 0 Å². The Bertz CT molecular complexity index is 518. The highest BCUT2D eigenvalue weighted by atomic mass is 16.6. The summed E-state index contributed by atoms with van der Waals surface area (Å²) < 4.78 is 1.43. The van der Waals surface area contributed by atoms with E-state index in [2.05, 4.69) is 10.1 Å². The molecule has 2 N–H and O–H groups in total. The number of fused-ring (bicyclic) bond motifs is 1. The van der Waals surface area contributed by atoms with Gasteiger partial charge in [0, 0.05) is 13.1 Å². The summed E-state index contributed by atoms with van der Waals surface area (Å²) in [4.78, 5) is 13.8. The monoisotopic (exact) mass is 193 g/mol. The van der Waals surface area contributed by atoms with Crippen LogP contribution in [0.1, 0.15) is 0 Å². The van der Waals surface area contributed by atoms with Crippen LogP contribution in [0.25, 0.3) is 11.0 Å². The highest BCUT2D eigenvalue weighted by molar-refractivity contribution is 5.87. The molecule has 7 heteroatoms. The van der Waals surface area contributed by atoms with E-state index in [1.165, 1.54) is 10.7 Å². The normalized spacial score (nSPS) is 10.6. The standard InChI is InChI=1S/C7H7N5O2/c1-11-6(8)5-2-4(12(13)14)3-9-7(5)10-11/h2-3H,8H2,1H3. The maximum atomic E-state index is 10.5. The third-order valence-electron chi connectivity index (χ3n) is 1.93. The molecule has 0 unspecified atom stereocenters. The van der Waals surface area contributed by atoms with Gasteiger partial charge in [-0.3, -0.25) is 14.8 Å². The quantitative estimate of drug-likeness (QED) is 0.523. The van der Waals surface area contributed by atoms with Crippen molar-refractivity contribution in [2.45, 2.75) is 0 Å². The summed E-state index contributed by atoms with van der Waals surface area (Å²) in [6.45, 7) is 0. The number of nitrogens with zero attached hydrogens (tertiary/aromatic N) is 4. The molecule has 0 aromatic carbocycles. The number of rotatable bonds is 1. The first kappa shape index (κ1) is 8.42. The predicted molar refractivity (Wildman–Crippen MR) is 49.6 cm³/mol. The van der Waals surface area contributed by atoms with Crippen LogP contribution in [-0.2, 0) is 7.05 Å². The van der Waals surface area contributed by atoms with Crippen molar-refractivity contribution >= 4 is 22.5 Å². The second kappa shape index (κ2) is 2.66. The van der Waals surface area contributed by atoms with E-state index in [1.807, 2.05) is 0 Å².